The Kier molecular flexibility index (Phi) is 6.84. The Balaban J connectivity index is 2.00. The van der Waals surface area contributed by atoms with E-state index in [-0.39, 0.29) is 5.54 Å². The van der Waals surface area contributed by atoms with Crippen molar-refractivity contribution in [2.45, 2.75) is 91.5 Å². The van der Waals surface area contributed by atoms with Gasteiger partial charge >= 0.3 is 0 Å². The van der Waals surface area contributed by atoms with Crippen molar-refractivity contribution in [2.24, 2.45) is 0 Å². The van der Waals surface area contributed by atoms with Gasteiger partial charge in [0.1, 0.15) is 0 Å². The third-order valence-electron chi connectivity index (χ3n) is 7.78. The Morgan fingerprint density at radius 3 is 2.34 bits per heavy atom. The maximum Gasteiger partial charge on any atom is 0.213 e. The van der Waals surface area contributed by atoms with Gasteiger partial charge in [-0.2, -0.15) is 4.57 Å². The summed E-state index contributed by atoms with van der Waals surface area (Å²) in [4.78, 5) is 0. The van der Waals surface area contributed by atoms with Crippen LogP contribution in [0.25, 0.3) is 22.4 Å². The Hall–Kier alpha value is -2.41. The number of fused-ring (bicyclic) bond motifs is 3. The molecule has 32 heavy (non-hydrogen) atoms. The number of nitrogens with zero attached hydrogens (tertiary/aromatic N) is 1. The van der Waals surface area contributed by atoms with E-state index in [0.29, 0.717) is 0 Å². The molecule has 0 fully saturated rings. The summed E-state index contributed by atoms with van der Waals surface area (Å²) in [6, 6.07) is 18.7. The molecule has 3 aromatic rings. The second-order valence-corrected chi connectivity index (χ2v) is 9.89. The molecule has 1 aromatic heterocycles. The topological polar surface area (TPSA) is 3.88 Å². The Morgan fingerprint density at radius 2 is 1.62 bits per heavy atom. The molecule has 1 heteroatoms. The van der Waals surface area contributed by atoms with Gasteiger partial charge in [0, 0.05) is 36.5 Å². The lowest BCUT2D eigenvalue weighted by atomic mass is 9.86. The summed E-state index contributed by atoms with van der Waals surface area (Å²) in [5.41, 5.74) is 11.5. The Bertz CT molecular complexity index is 1090. The van der Waals surface area contributed by atoms with E-state index in [1.165, 1.54) is 70.3 Å². The standard InChI is InChI=1S/C31H40N/c1-6-9-10-13-27-21-30-28-20-24(5)15-16-25(28)17-18-31(7-2,8-3)32(30)22-29(27)26-14-11-12-23(4)19-26/h11-12,14-16,19-22H,6-10,13,17-18H2,1-5H3/q+1. The van der Waals surface area contributed by atoms with E-state index < -0.39 is 0 Å². The molecule has 1 aliphatic rings. The van der Waals surface area contributed by atoms with Crippen LogP contribution in [0.15, 0.2) is 54.7 Å². The summed E-state index contributed by atoms with van der Waals surface area (Å²) in [7, 11) is 0. The van der Waals surface area contributed by atoms with Gasteiger partial charge in [-0.15, -0.1) is 0 Å². The molecule has 0 amide bonds. The number of aromatic nitrogens is 1. The van der Waals surface area contributed by atoms with Gasteiger partial charge in [-0.05, 0) is 55.9 Å². The first-order chi connectivity index (χ1) is 15.5. The highest BCUT2D eigenvalue weighted by atomic mass is 15.1. The van der Waals surface area contributed by atoms with Crippen molar-refractivity contribution in [1.82, 2.24) is 0 Å². The van der Waals surface area contributed by atoms with Crippen molar-refractivity contribution < 1.29 is 4.57 Å². The van der Waals surface area contributed by atoms with Crippen molar-refractivity contribution in [3.05, 3.63) is 77.0 Å². The second-order valence-electron chi connectivity index (χ2n) is 9.89. The van der Waals surface area contributed by atoms with Crippen LogP contribution in [-0.4, -0.2) is 0 Å². The molecule has 1 nitrogen and oxygen atoms in total. The zero-order valence-corrected chi connectivity index (χ0v) is 20.8. The van der Waals surface area contributed by atoms with Crippen LogP contribution in [-0.2, 0) is 18.4 Å². The number of hydrogen-bond acceptors (Lipinski definition) is 0. The fourth-order valence-corrected chi connectivity index (χ4v) is 5.62. The van der Waals surface area contributed by atoms with E-state index in [1.807, 2.05) is 0 Å². The summed E-state index contributed by atoms with van der Waals surface area (Å²) in [5, 5.41) is 0. The Morgan fingerprint density at radius 1 is 0.844 bits per heavy atom. The van der Waals surface area contributed by atoms with E-state index in [0.717, 1.165) is 25.7 Å². The zero-order chi connectivity index (χ0) is 22.7. The molecule has 0 unspecified atom stereocenters. The van der Waals surface area contributed by atoms with Crippen LogP contribution < -0.4 is 4.57 Å². The molecule has 4 rings (SSSR count). The highest BCUT2D eigenvalue weighted by molar-refractivity contribution is 5.71. The molecule has 1 aliphatic heterocycles. The first kappa shape index (κ1) is 22.8. The van der Waals surface area contributed by atoms with Crippen LogP contribution >= 0.6 is 0 Å². The average molecular weight is 427 g/mol. The van der Waals surface area contributed by atoms with Crippen LogP contribution in [0.2, 0.25) is 0 Å². The van der Waals surface area contributed by atoms with Gasteiger partial charge < -0.3 is 0 Å². The van der Waals surface area contributed by atoms with Gasteiger partial charge in [0.2, 0.25) is 5.69 Å². The molecule has 0 spiro atoms. The number of hydrogen-bond donors (Lipinski definition) is 0. The first-order valence-corrected chi connectivity index (χ1v) is 12.8. The number of rotatable bonds is 7. The molecule has 0 bridgehead atoms. The van der Waals surface area contributed by atoms with Gasteiger partial charge in [0.25, 0.3) is 0 Å². The third kappa shape index (κ3) is 4.27. The number of aryl methyl sites for hydroxylation is 4. The highest BCUT2D eigenvalue weighted by Gasteiger charge is 2.41. The average Bonchev–Trinajstić information content (AvgIpc) is 2.93. The number of unbranched alkanes of at least 4 members (excludes halogenated alkanes) is 2. The van der Waals surface area contributed by atoms with Crippen LogP contribution in [0.3, 0.4) is 0 Å². The fraction of sp³-hybridized carbons (Fsp3) is 0.452. The molecule has 0 aliphatic carbocycles. The van der Waals surface area contributed by atoms with E-state index in [1.54, 1.807) is 0 Å². The number of benzene rings is 2. The summed E-state index contributed by atoms with van der Waals surface area (Å²) >= 11 is 0. The smallest absolute Gasteiger partial charge is 0.192 e. The van der Waals surface area contributed by atoms with Crippen molar-refractivity contribution in [1.29, 1.82) is 0 Å². The zero-order valence-electron chi connectivity index (χ0n) is 20.8. The lowest BCUT2D eigenvalue weighted by molar-refractivity contribution is -0.756. The van der Waals surface area contributed by atoms with Crippen molar-refractivity contribution in [3.8, 4) is 22.4 Å². The maximum absolute atomic E-state index is 2.68. The second kappa shape index (κ2) is 9.61. The molecule has 0 saturated heterocycles. The van der Waals surface area contributed by atoms with Crippen LogP contribution in [0.4, 0.5) is 0 Å². The molecule has 2 aromatic carbocycles. The van der Waals surface area contributed by atoms with E-state index in [4.69, 9.17) is 0 Å². The third-order valence-corrected chi connectivity index (χ3v) is 7.78. The van der Waals surface area contributed by atoms with E-state index in [9.17, 15) is 0 Å². The predicted octanol–water partition coefficient (Wildman–Crippen LogP) is 8.12. The number of pyridine rings is 1. The normalized spacial score (nSPS) is 14.5. The molecule has 2 heterocycles. The van der Waals surface area contributed by atoms with Gasteiger partial charge in [0.15, 0.2) is 11.7 Å². The molecule has 0 radical (unpaired) electrons. The first-order valence-electron chi connectivity index (χ1n) is 12.8. The van der Waals surface area contributed by atoms with E-state index in [2.05, 4.69) is 93.9 Å². The summed E-state index contributed by atoms with van der Waals surface area (Å²) in [6.45, 7) is 11.5. The lowest BCUT2D eigenvalue weighted by Gasteiger charge is -2.27. The van der Waals surface area contributed by atoms with Gasteiger partial charge in [-0.25, -0.2) is 0 Å². The molecular weight excluding hydrogens is 386 g/mol. The fourth-order valence-electron chi connectivity index (χ4n) is 5.62. The molecular formula is C31H40N+. The monoisotopic (exact) mass is 426 g/mol. The van der Waals surface area contributed by atoms with E-state index >= 15 is 0 Å². The molecule has 0 N–H and O–H groups in total. The minimum Gasteiger partial charge on any atom is -0.192 e. The van der Waals surface area contributed by atoms with Crippen molar-refractivity contribution in [3.63, 3.8) is 0 Å². The predicted molar refractivity (Wildman–Crippen MR) is 137 cm³/mol. The lowest BCUT2D eigenvalue weighted by Crippen LogP contribution is -2.56. The van der Waals surface area contributed by atoms with Crippen LogP contribution in [0.1, 0.15) is 81.5 Å². The molecule has 0 saturated carbocycles. The van der Waals surface area contributed by atoms with Gasteiger partial charge in [0.05, 0.1) is 0 Å². The molecule has 0 atom stereocenters. The van der Waals surface area contributed by atoms with Crippen molar-refractivity contribution >= 4 is 0 Å². The minimum absolute atomic E-state index is 0.169. The SMILES string of the molecule is CCCCCc1cc2[n+](cc1-c1cccc(C)c1)C(CC)(CC)CCc1ccc(C)cc1-2. The van der Waals surface area contributed by atoms with Crippen LogP contribution in [0.5, 0.6) is 0 Å². The minimum atomic E-state index is 0.169. The van der Waals surface area contributed by atoms with Gasteiger partial charge in [-0.3, -0.25) is 0 Å². The quantitative estimate of drug-likeness (QED) is 0.265. The molecule has 168 valence electrons. The van der Waals surface area contributed by atoms with Crippen molar-refractivity contribution in [2.75, 3.05) is 0 Å². The highest BCUT2D eigenvalue weighted by Crippen LogP contribution is 2.38. The largest absolute Gasteiger partial charge is 0.213 e. The Labute approximate surface area is 195 Å². The summed E-state index contributed by atoms with van der Waals surface area (Å²) < 4.78 is 2.68. The maximum atomic E-state index is 2.68. The summed E-state index contributed by atoms with van der Waals surface area (Å²) in [5.74, 6) is 0. The van der Waals surface area contributed by atoms with Crippen LogP contribution in [0, 0.1) is 13.8 Å². The van der Waals surface area contributed by atoms with Gasteiger partial charge in [-0.1, -0.05) is 81.1 Å². The summed E-state index contributed by atoms with van der Waals surface area (Å²) in [6.07, 6.45) is 12.2.